The third-order valence-corrected chi connectivity index (χ3v) is 6.07. The first kappa shape index (κ1) is 23.8. The quantitative estimate of drug-likeness (QED) is 0.402. The van der Waals surface area contributed by atoms with Crippen LogP contribution in [0.25, 0.3) is 0 Å². The van der Waals surface area contributed by atoms with Gasteiger partial charge in [0.05, 0.1) is 0 Å². The number of halogens is 2. The molecule has 31 heavy (non-hydrogen) atoms. The molecule has 2 aromatic carbocycles. The molecule has 5 heteroatoms. The van der Waals surface area contributed by atoms with Crippen LogP contribution in [-0.4, -0.2) is 15.2 Å². The Morgan fingerprint density at radius 2 is 1.13 bits per heavy atom. The van der Waals surface area contributed by atoms with Crippen molar-refractivity contribution in [3.8, 4) is 0 Å². The second-order valence-corrected chi connectivity index (χ2v) is 10.9. The normalized spacial score (nSPS) is 12.4. The first-order valence-corrected chi connectivity index (χ1v) is 11.8. The molecule has 3 rings (SSSR count). The van der Waals surface area contributed by atoms with Crippen molar-refractivity contribution < 1.29 is 0 Å². The van der Waals surface area contributed by atoms with Gasteiger partial charge >= 0.3 is 0 Å². The Morgan fingerprint density at radius 3 is 1.58 bits per heavy atom. The lowest BCUT2D eigenvalue weighted by Crippen LogP contribution is -2.12. The lowest BCUT2D eigenvalue weighted by Gasteiger charge is -2.21. The standard InChI is InChI=1S/C26H33Cl2N3/c1-25(2,3)21-9-17(7-19(11-21)15-27)13-23-29-24(31-30-23)14-18-8-20(16-28)12-22(10-18)26(4,5)6/h7-12H,13-16H2,1-6H3,(H,29,30,31). The molecule has 0 amide bonds. The van der Waals surface area contributed by atoms with Crippen LogP contribution in [0.5, 0.6) is 0 Å². The molecule has 1 N–H and O–H groups in total. The first-order chi connectivity index (χ1) is 14.5. The van der Waals surface area contributed by atoms with Crippen LogP contribution in [0, 0.1) is 0 Å². The number of aromatic amines is 1. The zero-order valence-electron chi connectivity index (χ0n) is 19.4. The van der Waals surface area contributed by atoms with Crippen molar-refractivity contribution in [2.45, 2.75) is 77.0 Å². The SMILES string of the molecule is CC(C)(C)c1cc(CCl)cc(Cc2n[nH]c(Cc3cc(CCl)cc(C(C)(C)C)c3)n2)c1. The van der Waals surface area contributed by atoms with E-state index in [2.05, 4.69) is 88.1 Å². The minimum Gasteiger partial charge on any atom is -0.263 e. The highest BCUT2D eigenvalue weighted by Gasteiger charge is 2.17. The summed E-state index contributed by atoms with van der Waals surface area (Å²) >= 11 is 12.3. The van der Waals surface area contributed by atoms with E-state index >= 15 is 0 Å². The van der Waals surface area contributed by atoms with Gasteiger partial charge in [-0.3, -0.25) is 5.10 Å². The highest BCUT2D eigenvalue weighted by molar-refractivity contribution is 6.17. The fourth-order valence-electron chi connectivity index (χ4n) is 3.62. The van der Waals surface area contributed by atoms with Crippen LogP contribution >= 0.6 is 23.2 Å². The Morgan fingerprint density at radius 1 is 0.677 bits per heavy atom. The number of nitrogens with zero attached hydrogens (tertiary/aromatic N) is 2. The van der Waals surface area contributed by atoms with Gasteiger partial charge in [-0.2, -0.15) is 5.10 Å². The molecule has 0 saturated carbocycles. The van der Waals surface area contributed by atoms with Gasteiger partial charge in [-0.15, -0.1) is 23.2 Å². The minimum atomic E-state index is 0.0686. The Balaban J connectivity index is 1.82. The summed E-state index contributed by atoms with van der Waals surface area (Å²) in [7, 11) is 0. The molecular weight excluding hydrogens is 425 g/mol. The van der Waals surface area contributed by atoms with Crippen LogP contribution in [0.2, 0.25) is 0 Å². The molecule has 0 bridgehead atoms. The molecule has 0 fully saturated rings. The van der Waals surface area contributed by atoms with Gasteiger partial charge in [0, 0.05) is 24.6 Å². The van der Waals surface area contributed by atoms with Crippen molar-refractivity contribution in [2.24, 2.45) is 0 Å². The van der Waals surface area contributed by atoms with Gasteiger partial charge in [-0.05, 0) is 44.2 Å². The predicted molar refractivity (Wildman–Crippen MR) is 131 cm³/mol. The largest absolute Gasteiger partial charge is 0.263 e. The molecule has 1 aromatic heterocycles. The van der Waals surface area contributed by atoms with E-state index < -0.39 is 0 Å². The number of nitrogens with one attached hydrogen (secondary N) is 1. The second kappa shape index (κ2) is 9.34. The average molecular weight is 458 g/mol. The van der Waals surface area contributed by atoms with E-state index in [4.69, 9.17) is 28.2 Å². The maximum absolute atomic E-state index is 6.14. The van der Waals surface area contributed by atoms with Crippen molar-refractivity contribution in [1.82, 2.24) is 15.2 Å². The number of hydrogen-bond acceptors (Lipinski definition) is 2. The number of H-pyrrole nitrogens is 1. The number of aromatic nitrogens is 3. The molecule has 0 aliphatic rings. The molecule has 0 saturated heterocycles. The fraction of sp³-hybridized carbons (Fsp3) is 0.462. The number of benzene rings is 2. The van der Waals surface area contributed by atoms with E-state index in [1.807, 2.05) is 0 Å². The van der Waals surface area contributed by atoms with Gasteiger partial charge in [-0.1, -0.05) is 77.9 Å². The third kappa shape index (κ3) is 6.33. The third-order valence-electron chi connectivity index (χ3n) is 5.46. The van der Waals surface area contributed by atoms with Crippen LogP contribution in [0.1, 0.15) is 86.6 Å². The first-order valence-electron chi connectivity index (χ1n) is 10.8. The summed E-state index contributed by atoms with van der Waals surface area (Å²) in [6, 6.07) is 13.2. The van der Waals surface area contributed by atoms with Crippen LogP contribution in [-0.2, 0) is 35.4 Å². The van der Waals surface area contributed by atoms with Gasteiger partial charge in [0.25, 0.3) is 0 Å². The molecule has 0 aliphatic carbocycles. The van der Waals surface area contributed by atoms with Gasteiger partial charge in [0.2, 0.25) is 0 Å². The van der Waals surface area contributed by atoms with Gasteiger partial charge in [0.15, 0.2) is 5.82 Å². The maximum Gasteiger partial charge on any atom is 0.155 e. The van der Waals surface area contributed by atoms with Crippen molar-refractivity contribution in [3.05, 3.63) is 81.4 Å². The Bertz CT molecular complexity index is 958. The van der Waals surface area contributed by atoms with Crippen molar-refractivity contribution in [3.63, 3.8) is 0 Å². The van der Waals surface area contributed by atoms with Crippen LogP contribution in [0.15, 0.2) is 36.4 Å². The summed E-state index contributed by atoms with van der Waals surface area (Å²) in [5.41, 5.74) is 7.36. The lowest BCUT2D eigenvalue weighted by molar-refractivity contribution is 0.588. The zero-order valence-corrected chi connectivity index (χ0v) is 21.0. The summed E-state index contributed by atoms with van der Waals surface area (Å²) in [6.07, 6.45) is 1.38. The number of alkyl halides is 2. The van der Waals surface area contributed by atoms with Crippen LogP contribution < -0.4 is 0 Å². The molecule has 166 valence electrons. The van der Waals surface area contributed by atoms with Gasteiger partial charge < -0.3 is 0 Å². The number of rotatable bonds is 6. The fourth-order valence-corrected chi connectivity index (χ4v) is 3.93. The second-order valence-electron chi connectivity index (χ2n) is 10.4. The molecule has 0 spiro atoms. The van der Waals surface area contributed by atoms with Crippen molar-refractivity contribution >= 4 is 23.2 Å². The molecule has 0 radical (unpaired) electrons. The summed E-state index contributed by atoms with van der Waals surface area (Å²) in [5, 5.41) is 7.60. The smallest absolute Gasteiger partial charge is 0.155 e. The summed E-state index contributed by atoms with van der Waals surface area (Å²) in [6.45, 7) is 13.3. The molecule has 3 aromatic rings. The van der Waals surface area contributed by atoms with Crippen molar-refractivity contribution in [1.29, 1.82) is 0 Å². The Labute approximate surface area is 196 Å². The molecule has 0 aliphatic heterocycles. The number of hydrogen-bond donors (Lipinski definition) is 1. The summed E-state index contributed by atoms with van der Waals surface area (Å²) < 4.78 is 0. The molecule has 0 unspecified atom stereocenters. The molecule has 0 atom stereocenters. The predicted octanol–water partition coefficient (Wildman–Crippen LogP) is 7.06. The Kier molecular flexibility index (Phi) is 7.18. The van der Waals surface area contributed by atoms with Gasteiger partial charge in [0.1, 0.15) is 5.82 Å². The van der Waals surface area contributed by atoms with E-state index in [1.165, 1.54) is 22.3 Å². The highest BCUT2D eigenvalue weighted by Crippen LogP contribution is 2.27. The maximum atomic E-state index is 6.14. The van der Waals surface area contributed by atoms with E-state index in [-0.39, 0.29) is 10.8 Å². The zero-order chi connectivity index (χ0) is 22.8. The van der Waals surface area contributed by atoms with Gasteiger partial charge in [-0.25, -0.2) is 4.98 Å². The van der Waals surface area contributed by atoms with Crippen LogP contribution in [0.3, 0.4) is 0 Å². The van der Waals surface area contributed by atoms with Crippen LogP contribution in [0.4, 0.5) is 0 Å². The Hall–Kier alpha value is -1.84. The van der Waals surface area contributed by atoms with E-state index in [0.29, 0.717) is 24.6 Å². The van der Waals surface area contributed by atoms with E-state index in [9.17, 15) is 0 Å². The average Bonchev–Trinajstić information content (AvgIpc) is 3.12. The van der Waals surface area contributed by atoms with E-state index in [0.717, 1.165) is 22.8 Å². The molecule has 1 heterocycles. The lowest BCUT2D eigenvalue weighted by atomic mass is 9.85. The van der Waals surface area contributed by atoms with E-state index in [1.54, 1.807) is 0 Å². The molecule has 3 nitrogen and oxygen atoms in total. The summed E-state index contributed by atoms with van der Waals surface area (Å²) in [5.74, 6) is 2.67. The van der Waals surface area contributed by atoms with Crippen molar-refractivity contribution in [2.75, 3.05) is 0 Å². The topological polar surface area (TPSA) is 41.6 Å². The minimum absolute atomic E-state index is 0.0686. The highest BCUT2D eigenvalue weighted by atomic mass is 35.5. The monoisotopic (exact) mass is 457 g/mol. The summed E-state index contributed by atoms with van der Waals surface area (Å²) in [4.78, 5) is 4.76. The molecular formula is C26H33Cl2N3.